The molecule has 3 heterocycles. The molecule has 0 bridgehead atoms. The van der Waals surface area contributed by atoms with Gasteiger partial charge in [-0.25, -0.2) is 4.98 Å². The Morgan fingerprint density at radius 2 is 1.77 bits per heavy atom. The quantitative estimate of drug-likeness (QED) is 0.387. The Balaban J connectivity index is 1.60. The Kier molecular flexibility index (Phi) is 5.46. The number of nitrogens with zero attached hydrogens (tertiary/aromatic N) is 2. The molecule has 0 spiro atoms. The molecule has 0 radical (unpaired) electrons. The van der Waals surface area contributed by atoms with Gasteiger partial charge in [-0.05, 0) is 16.7 Å². The van der Waals surface area contributed by atoms with Crippen LogP contribution in [0.5, 0.6) is 0 Å². The first-order chi connectivity index (χ1) is 14.7. The van der Waals surface area contributed by atoms with E-state index in [-0.39, 0.29) is 5.56 Å². The fraction of sp³-hybridized carbons (Fsp3) is 0.250. The number of hydrogen-bond acceptors (Lipinski definition) is 4. The van der Waals surface area contributed by atoms with Gasteiger partial charge in [0.2, 0.25) is 0 Å². The minimum Gasteiger partial charge on any atom is -0.333 e. The fourth-order valence-corrected chi connectivity index (χ4v) is 6.34. The molecule has 1 aliphatic rings. The molecule has 1 N–H and O–H groups in total. The van der Waals surface area contributed by atoms with Crippen LogP contribution in [0, 0.1) is 0 Å². The van der Waals surface area contributed by atoms with Crippen molar-refractivity contribution >= 4 is 33.3 Å². The standard InChI is InChI=1S/C24H23N3OS2/c1-26-13-12-19-20(15-26)30-22-21(19)23(28)27(14-17-8-4-2-5-9-17)24(25-22)29-16-18-10-6-3-7-11-18/h2-11H,12-16H2,1H3/p+1. The molecular formula is C24H24N3OS2+. The van der Waals surface area contributed by atoms with Gasteiger partial charge in [0, 0.05) is 12.2 Å². The highest BCUT2D eigenvalue weighted by atomic mass is 32.2. The van der Waals surface area contributed by atoms with E-state index in [2.05, 4.69) is 43.4 Å². The zero-order valence-electron chi connectivity index (χ0n) is 16.9. The summed E-state index contributed by atoms with van der Waals surface area (Å²) in [5.74, 6) is 0.797. The van der Waals surface area contributed by atoms with Crippen LogP contribution in [0.4, 0.5) is 0 Å². The first-order valence-electron chi connectivity index (χ1n) is 10.3. The molecule has 4 nitrogen and oxygen atoms in total. The van der Waals surface area contributed by atoms with Crippen LogP contribution in [0.2, 0.25) is 0 Å². The van der Waals surface area contributed by atoms with Crippen LogP contribution in [-0.2, 0) is 25.3 Å². The predicted molar refractivity (Wildman–Crippen MR) is 125 cm³/mol. The normalized spacial score (nSPS) is 16.0. The van der Waals surface area contributed by atoms with E-state index in [4.69, 9.17) is 4.98 Å². The number of rotatable bonds is 5. The number of quaternary nitrogens is 1. The van der Waals surface area contributed by atoms with Crippen molar-refractivity contribution in [3.05, 3.63) is 92.6 Å². The maximum absolute atomic E-state index is 13.7. The lowest BCUT2D eigenvalue weighted by atomic mass is 10.1. The smallest absolute Gasteiger partial charge is 0.263 e. The third-order valence-electron chi connectivity index (χ3n) is 5.62. The van der Waals surface area contributed by atoms with E-state index < -0.39 is 0 Å². The number of hydrogen-bond donors (Lipinski definition) is 1. The lowest BCUT2D eigenvalue weighted by Crippen LogP contribution is -3.08. The summed E-state index contributed by atoms with van der Waals surface area (Å²) in [5.41, 5.74) is 3.70. The molecule has 30 heavy (non-hydrogen) atoms. The Hall–Kier alpha value is -2.41. The number of nitrogens with one attached hydrogen (secondary N) is 1. The van der Waals surface area contributed by atoms with E-state index in [1.165, 1.54) is 20.9 Å². The third kappa shape index (κ3) is 3.83. The maximum Gasteiger partial charge on any atom is 0.263 e. The summed E-state index contributed by atoms with van der Waals surface area (Å²) in [7, 11) is 2.22. The second-order valence-corrected chi connectivity index (χ2v) is 9.89. The van der Waals surface area contributed by atoms with Crippen LogP contribution < -0.4 is 10.5 Å². The lowest BCUT2D eigenvalue weighted by molar-refractivity contribution is -0.895. The molecule has 0 saturated heterocycles. The van der Waals surface area contributed by atoms with Crippen molar-refractivity contribution in [1.82, 2.24) is 9.55 Å². The average molecular weight is 435 g/mol. The molecule has 0 amide bonds. The van der Waals surface area contributed by atoms with Gasteiger partial charge in [-0.2, -0.15) is 0 Å². The summed E-state index contributed by atoms with van der Waals surface area (Å²) >= 11 is 3.36. The molecular weight excluding hydrogens is 410 g/mol. The van der Waals surface area contributed by atoms with Crippen LogP contribution in [0.1, 0.15) is 21.6 Å². The zero-order chi connectivity index (χ0) is 20.5. The van der Waals surface area contributed by atoms with E-state index in [0.717, 1.165) is 46.2 Å². The Morgan fingerprint density at radius 1 is 1.07 bits per heavy atom. The summed E-state index contributed by atoms with van der Waals surface area (Å²) in [6.45, 7) is 2.61. The molecule has 5 rings (SSSR count). The SMILES string of the molecule is C[NH+]1CCc2c(sc3nc(SCc4ccccc4)n(Cc4ccccc4)c(=O)c23)C1. The van der Waals surface area contributed by atoms with Crippen LogP contribution in [-0.4, -0.2) is 23.1 Å². The Labute approximate surface area is 184 Å². The molecule has 2 aromatic carbocycles. The molecule has 152 valence electrons. The van der Waals surface area contributed by atoms with Crippen LogP contribution in [0.15, 0.2) is 70.6 Å². The second-order valence-electron chi connectivity index (χ2n) is 7.86. The van der Waals surface area contributed by atoms with Crippen molar-refractivity contribution in [3.8, 4) is 0 Å². The number of likely N-dealkylation sites (N-methyl/N-ethyl adjacent to an activating group) is 1. The van der Waals surface area contributed by atoms with E-state index in [1.54, 1.807) is 23.1 Å². The molecule has 4 aromatic rings. The molecule has 6 heteroatoms. The van der Waals surface area contributed by atoms with Crippen molar-refractivity contribution in [2.45, 2.75) is 30.4 Å². The Morgan fingerprint density at radius 3 is 2.50 bits per heavy atom. The fourth-order valence-electron chi connectivity index (χ4n) is 4.01. The minimum atomic E-state index is 0.108. The predicted octanol–water partition coefficient (Wildman–Crippen LogP) is 3.37. The summed E-state index contributed by atoms with van der Waals surface area (Å²) in [6, 6.07) is 20.6. The first-order valence-corrected chi connectivity index (χ1v) is 12.1. The monoisotopic (exact) mass is 434 g/mol. The van der Waals surface area contributed by atoms with E-state index in [0.29, 0.717) is 6.54 Å². The highest BCUT2D eigenvalue weighted by molar-refractivity contribution is 7.98. The Bertz CT molecular complexity index is 1230. The second kappa shape index (κ2) is 8.38. The largest absolute Gasteiger partial charge is 0.333 e. The van der Waals surface area contributed by atoms with E-state index in [9.17, 15) is 4.79 Å². The van der Waals surface area contributed by atoms with Gasteiger partial charge in [-0.1, -0.05) is 72.4 Å². The minimum absolute atomic E-state index is 0.108. The number of fused-ring (bicyclic) bond motifs is 3. The topological polar surface area (TPSA) is 39.3 Å². The highest BCUT2D eigenvalue weighted by Gasteiger charge is 2.25. The van der Waals surface area contributed by atoms with Gasteiger partial charge in [0.1, 0.15) is 11.4 Å². The van der Waals surface area contributed by atoms with Gasteiger partial charge < -0.3 is 4.90 Å². The first kappa shape index (κ1) is 19.5. The molecule has 0 saturated carbocycles. The van der Waals surface area contributed by atoms with Gasteiger partial charge >= 0.3 is 0 Å². The van der Waals surface area contributed by atoms with Gasteiger partial charge in [-0.15, -0.1) is 11.3 Å². The molecule has 0 fully saturated rings. The molecule has 1 aliphatic heterocycles. The number of benzene rings is 2. The number of aromatic nitrogens is 2. The maximum atomic E-state index is 13.7. The molecule has 0 aliphatic carbocycles. The van der Waals surface area contributed by atoms with Crippen molar-refractivity contribution in [2.75, 3.05) is 13.6 Å². The van der Waals surface area contributed by atoms with Crippen molar-refractivity contribution < 1.29 is 4.90 Å². The van der Waals surface area contributed by atoms with E-state index >= 15 is 0 Å². The third-order valence-corrected chi connectivity index (χ3v) is 7.79. The van der Waals surface area contributed by atoms with Gasteiger partial charge in [0.15, 0.2) is 5.16 Å². The van der Waals surface area contributed by atoms with Crippen molar-refractivity contribution in [2.24, 2.45) is 0 Å². The van der Waals surface area contributed by atoms with Gasteiger partial charge in [0.05, 0.1) is 30.4 Å². The van der Waals surface area contributed by atoms with Crippen molar-refractivity contribution in [3.63, 3.8) is 0 Å². The number of thiophene rings is 1. The lowest BCUT2D eigenvalue weighted by Gasteiger charge is -2.19. The average Bonchev–Trinajstić information content (AvgIpc) is 3.13. The van der Waals surface area contributed by atoms with Gasteiger partial charge in [-0.3, -0.25) is 9.36 Å². The summed E-state index contributed by atoms with van der Waals surface area (Å²) in [4.78, 5) is 22.4. The van der Waals surface area contributed by atoms with Crippen molar-refractivity contribution in [1.29, 1.82) is 0 Å². The molecule has 1 unspecified atom stereocenters. The van der Waals surface area contributed by atoms with Crippen LogP contribution in [0.3, 0.4) is 0 Å². The van der Waals surface area contributed by atoms with E-state index in [1.807, 2.05) is 28.8 Å². The van der Waals surface area contributed by atoms with Gasteiger partial charge in [0.25, 0.3) is 5.56 Å². The molecule has 2 aromatic heterocycles. The summed E-state index contributed by atoms with van der Waals surface area (Å²) < 4.78 is 1.88. The summed E-state index contributed by atoms with van der Waals surface area (Å²) in [6.07, 6.45) is 0.958. The highest BCUT2D eigenvalue weighted by Crippen LogP contribution is 2.31. The van der Waals surface area contributed by atoms with Crippen LogP contribution in [0.25, 0.3) is 10.2 Å². The summed E-state index contributed by atoms with van der Waals surface area (Å²) in [5, 5.41) is 1.65. The molecule has 1 atom stereocenters. The number of thioether (sulfide) groups is 1. The zero-order valence-corrected chi connectivity index (χ0v) is 18.6. The van der Waals surface area contributed by atoms with Crippen LogP contribution >= 0.6 is 23.1 Å².